The Morgan fingerprint density at radius 2 is 2.50 bits per heavy atom. The molecule has 5 nitrogen and oxygen atoms in total. The molecule has 6 heteroatoms. The van der Waals surface area contributed by atoms with Crippen LogP contribution in [0.4, 0.5) is 5.00 Å². The SMILES string of the molecule is CCC(CCC(C)=O)NC1=NCN(c2cccs2)CN1. The lowest BCUT2D eigenvalue weighted by Crippen LogP contribution is -2.51. The summed E-state index contributed by atoms with van der Waals surface area (Å²) in [6, 6.07) is 4.45. The lowest BCUT2D eigenvalue weighted by atomic mass is 10.1. The fourth-order valence-corrected chi connectivity index (χ4v) is 2.80. The van der Waals surface area contributed by atoms with Crippen molar-refractivity contribution in [3.05, 3.63) is 17.5 Å². The Kier molecular flexibility index (Phi) is 5.40. The van der Waals surface area contributed by atoms with Gasteiger partial charge in [0.25, 0.3) is 0 Å². The predicted molar refractivity (Wildman–Crippen MR) is 84.2 cm³/mol. The van der Waals surface area contributed by atoms with E-state index in [-0.39, 0.29) is 5.78 Å². The number of carbonyl (C=O) groups excluding carboxylic acids is 1. The van der Waals surface area contributed by atoms with Gasteiger partial charge in [0.1, 0.15) is 12.5 Å². The van der Waals surface area contributed by atoms with Gasteiger partial charge < -0.3 is 20.3 Å². The number of nitrogens with one attached hydrogen (secondary N) is 2. The van der Waals surface area contributed by atoms with Crippen LogP contribution in [0.1, 0.15) is 33.1 Å². The smallest absolute Gasteiger partial charge is 0.194 e. The summed E-state index contributed by atoms with van der Waals surface area (Å²) in [6.07, 6.45) is 2.48. The highest BCUT2D eigenvalue weighted by Gasteiger charge is 2.15. The number of ketones is 1. The molecule has 2 heterocycles. The first-order valence-corrected chi connectivity index (χ1v) is 7.89. The molecule has 1 aromatic rings. The summed E-state index contributed by atoms with van der Waals surface area (Å²) in [5.74, 6) is 1.08. The first kappa shape index (κ1) is 14.8. The third-order valence-corrected chi connectivity index (χ3v) is 4.26. The second kappa shape index (κ2) is 7.28. The van der Waals surface area contributed by atoms with Crippen LogP contribution in [0, 0.1) is 0 Å². The zero-order valence-corrected chi connectivity index (χ0v) is 12.9. The Morgan fingerprint density at radius 3 is 3.05 bits per heavy atom. The summed E-state index contributed by atoms with van der Waals surface area (Å²) in [7, 11) is 0. The standard InChI is InChI=1S/C14H22N4OS/c1-3-12(7-6-11(2)19)17-14-15-9-18(10-16-14)13-5-4-8-20-13/h4-5,8,12H,3,6-7,9-10H2,1-2H3,(H2,15,16,17). The van der Waals surface area contributed by atoms with E-state index in [4.69, 9.17) is 0 Å². The van der Waals surface area contributed by atoms with Crippen LogP contribution in [0.2, 0.25) is 0 Å². The van der Waals surface area contributed by atoms with Gasteiger partial charge >= 0.3 is 0 Å². The number of carbonyl (C=O) groups is 1. The summed E-state index contributed by atoms with van der Waals surface area (Å²) < 4.78 is 0. The average Bonchev–Trinajstić information content (AvgIpc) is 2.98. The van der Waals surface area contributed by atoms with Crippen LogP contribution in [0.3, 0.4) is 0 Å². The first-order chi connectivity index (χ1) is 9.69. The molecule has 2 rings (SSSR count). The molecule has 0 saturated carbocycles. The van der Waals surface area contributed by atoms with Gasteiger partial charge in [-0.05, 0) is 37.3 Å². The number of hydrogen-bond acceptors (Lipinski definition) is 6. The molecule has 1 aliphatic rings. The highest BCUT2D eigenvalue weighted by molar-refractivity contribution is 7.14. The van der Waals surface area contributed by atoms with Crippen molar-refractivity contribution in [1.82, 2.24) is 10.6 Å². The Hall–Kier alpha value is -1.56. The van der Waals surface area contributed by atoms with Crippen molar-refractivity contribution in [2.45, 2.75) is 39.2 Å². The monoisotopic (exact) mass is 294 g/mol. The van der Waals surface area contributed by atoms with Gasteiger partial charge in [-0.15, -0.1) is 11.3 Å². The van der Waals surface area contributed by atoms with Gasteiger partial charge in [0.05, 0.1) is 11.7 Å². The van der Waals surface area contributed by atoms with E-state index in [1.807, 2.05) is 6.07 Å². The number of nitrogens with zero attached hydrogens (tertiary/aromatic N) is 2. The summed E-state index contributed by atoms with van der Waals surface area (Å²) in [4.78, 5) is 17.8. The van der Waals surface area contributed by atoms with Crippen molar-refractivity contribution in [3.8, 4) is 0 Å². The van der Waals surface area contributed by atoms with Crippen molar-refractivity contribution >= 4 is 28.1 Å². The second-order valence-electron chi connectivity index (χ2n) is 4.96. The second-order valence-corrected chi connectivity index (χ2v) is 5.89. The van der Waals surface area contributed by atoms with Gasteiger partial charge in [-0.2, -0.15) is 0 Å². The van der Waals surface area contributed by atoms with E-state index in [1.165, 1.54) is 5.00 Å². The number of Topliss-reactive ketones (excluding diaryl/α,β-unsaturated/α-hetero) is 1. The minimum absolute atomic E-state index is 0.243. The molecule has 0 aromatic carbocycles. The van der Waals surface area contributed by atoms with Gasteiger partial charge in [-0.25, -0.2) is 4.99 Å². The van der Waals surface area contributed by atoms with Gasteiger partial charge in [0, 0.05) is 12.5 Å². The van der Waals surface area contributed by atoms with Crippen molar-refractivity contribution in [2.75, 3.05) is 18.2 Å². The highest BCUT2D eigenvalue weighted by atomic mass is 32.1. The molecule has 0 spiro atoms. The minimum atomic E-state index is 0.243. The maximum absolute atomic E-state index is 11.1. The van der Waals surface area contributed by atoms with Gasteiger partial charge in [0.2, 0.25) is 0 Å². The largest absolute Gasteiger partial charge is 0.354 e. The van der Waals surface area contributed by atoms with Crippen LogP contribution in [0.5, 0.6) is 0 Å². The molecular weight excluding hydrogens is 272 g/mol. The van der Waals surface area contributed by atoms with Crippen LogP contribution in [-0.4, -0.2) is 31.1 Å². The summed E-state index contributed by atoms with van der Waals surface area (Å²) >= 11 is 1.72. The normalized spacial score (nSPS) is 16.3. The van der Waals surface area contributed by atoms with Crippen molar-refractivity contribution in [1.29, 1.82) is 0 Å². The number of aliphatic imine (C=N–C) groups is 1. The Bertz CT molecular complexity index is 458. The molecule has 0 aliphatic carbocycles. The van der Waals surface area contributed by atoms with Crippen LogP contribution in [-0.2, 0) is 4.79 Å². The average molecular weight is 294 g/mol. The maximum Gasteiger partial charge on any atom is 0.194 e. The van der Waals surface area contributed by atoms with E-state index in [2.05, 4.69) is 38.9 Å². The highest BCUT2D eigenvalue weighted by Crippen LogP contribution is 2.21. The summed E-state index contributed by atoms with van der Waals surface area (Å²) in [5, 5.41) is 9.98. The van der Waals surface area contributed by atoms with E-state index >= 15 is 0 Å². The zero-order chi connectivity index (χ0) is 14.4. The fourth-order valence-electron chi connectivity index (χ4n) is 2.08. The molecule has 1 unspecified atom stereocenters. The molecule has 110 valence electrons. The van der Waals surface area contributed by atoms with Crippen LogP contribution >= 0.6 is 11.3 Å². The molecule has 2 N–H and O–H groups in total. The fraction of sp³-hybridized carbons (Fsp3) is 0.571. The zero-order valence-electron chi connectivity index (χ0n) is 12.1. The van der Waals surface area contributed by atoms with Crippen molar-refractivity contribution in [3.63, 3.8) is 0 Å². The lowest BCUT2D eigenvalue weighted by molar-refractivity contribution is -0.117. The van der Waals surface area contributed by atoms with Crippen LogP contribution in [0.25, 0.3) is 0 Å². The molecule has 0 amide bonds. The Morgan fingerprint density at radius 1 is 1.65 bits per heavy atom. The molecule has 0 fully saturated rings. The molecule has 1 atom stereocenters. The van der Waals surface area contributed by atoms with E-state index < -0.39 is 0 Å². The van der Waals surface area contributed by atoms with Gasteiger partial charge in [-0.1, -0.05) is 6.92 Å². The molecule has 0 saturated heterocycles. The van der Waals surface area contributed by atoms with Gasteiger partial charge in [-0.3, -0.25) is 0 Å². The molecule has 1 aromatic heterocycles. The predicted octanol–water partition coefficient (Wildman–Crippen LogP) is 2.17. The third kappa shape index (κ3) is 4.23. The first-order valence-electron chi connectivity index (χ1n) is 7.01. The molecule has 20 heavy (non-hydrogen) atoms. The minimum Gasteiger partial charge on any atom is -0.354 e. The van der Waals surface area contributed by atoms with E-state index in [1.54, 1.807) is 18.3 Å². The molecule has 0 radical (unpaired) electrons. The number of thiophene rings is 1. The van der Waals surface area contributed by atoms with Crippen LogP contribution in [0.15, 0.2) is 22.5 Å². The summed E-state index contributed by atoms with van der Waals surface area (Å²) in [6.45, 7) is 5.19. The number of hydrogen-bond donors (Lipinski definition) is 2. The Labute approximate surface area is 124 Å². The van der Waals surface area contributed by atoms with Crippen LogP contribution < -0.4 is 15.5 Å². The lowest BCUT2D eigenvalue weighted by Gasteiger charge is -2.29. The van der Waals surface area contributed by atoms with E-state index in [9.17, 15) is 4.79 Å². The number of guanidine groups is 1. The molecule has 1 aliphatic heterocycles. The van der Waals surface area contributed by atoms with E-state index in [0.29, 0.717) is 19.1 Å². The number of rotatable bonds is 6. The quantitative estimate of drug-likeness (QED) is 0.844. The topological polar surface area (TPSA) is 56.7 Å². The Balaban J connectivity index is 1.83. The molecule has 0 bridgehead atoms. The summed E-state index contributed by atoms with van der Waals surface area (Å²) in [5.41, 5.74) is 0. The molecular formula is C14H22N4OS. The third-order valence-electron chi connectivity index (χ3n) is 3.33. The van der Waals surface area contributed by atoms with Gasteiger partial charge in [0.15, 0.2) is 5.96 Å². The number of anilines is 1. The van der Waals surface area contributed by atoms with Crippen molar-refractivity contribution < 1.29 is 4.79 Å². The van der Waals surface area contributed by atoms with Crippen molar-refractivity contribution in [2.24, 2.45) is 4.99 Å². The maximum atomic E-state index is 11.1. The van der Waals surface area contributed by atoms with E-state index in [0.717, 1.165) is 25.5 Å².